The molecule has 2 heterocycles. The Labute approximate surface area is 76.0 Å². The lowest BCUT2D eigenvalue weighted by atomic mass is 10.3. The molecule has 0 atom stereocenters. The van der Waals surface area contributed by atoms with Gasteiger partial charge in [-0.05, 0) is 18.2 Å². The van der Waals surface area contributed by atoms with Gasteiger partial charge in [0.25, 0.3) is 0 Å². The highest BCUT2D eigenvalue weighted by atomic mass is 15.3. The predicted octanol–water partition coefficient (Wildman–Crippen LogP) is 0.726. The van der Waals surface area contributed by atoms with Crippen LogP contribution in [0.5, 0.6) is 0 Å². The molecule has 0 aliphatic carbocycles. The van der Waals surface area contributed by atoms with E-state index in [0.29, 0.717) is 6.54 Å². The molecule has 2 aromatic heterocycles. The van der Waals surface area contributed by atoms with E-state index in [1.54, 1.807) is 17.1 Å². The molecule has 0 unspecified atom stereocenters. The molecule has 2 N–H and O–H groups in total. The molecule has 0 bridgehead atoms. The van der Waals surface area contributed by atoms with E-state index in [1.165, 1.54) is 0 Å². The van der Waals surface area contributed by atoms with Crippen molar-refractivity contribution in [2.75, 3.05) is 0 Å². The molecule has 0 radical (unpaired) electrons. The molecule has 0 amide bonds. The molecule has 0 fully saturated rings. The maximum Gasteiger partial charge on any atom is 0.0828 e. The van der Waals surface area contributed by atoms with Gasteiger partial charge in [0.1, 0.15) is 0 Å². The van der Waals surface area contributed by atoms with Crippen molar-refractivity contribution in [3.8, 4) is 5.69 Å². The van der Waals surface area contributed by atoms with Gasteiger partial charge in [0, 0.05) is 18.9 Å². The first kappa shape index (κ1) is 7.94. The Bertz CT molecular complexity index is 363. The number of pyridine rings is 1. The highest BCUT2D eigenvalue weighted by Crippen LogP contribution is 2.04. The normalized spacial score (nSPS) is 10.2. The summed E-state index contributed by atoms with van der Waals surface area (Å²) >= 11 is 0. The van der Waals surface area contributed by atoms with Crippen molar-refractivity contribution in [2.24, 2.45) is 5.73 Å². The fraction of sp³-hybridized carbons (Fsp3) is 0.111. The van der Waals surface area contributed by atoms with Crippen molar-refractivity contribution in [1.29, 1.82) is 0 Å². The Morgan fingerprint density at radius 1 is 1.38 bits per heavy atom. The van der Waals surface area contributed by atoms with Crippen LogP contribution < -0.4 is 5.73 Å². The smallest absolute Gasteiger partial charge is 0.0828 e. The van der Waals surface area contributed by atoms with Crippen LogP contribution >= 0.6 is 0 Å². The number of nitrogens with two attached hydrogens (primary N) is 1. The van der Waals surface area contributed by atoms with Gasteiger partial charge in [0.05, 0.1) is 17.6 Å². The van der Waals surface area contributed by atoms with E-state index in [-0.39, 0.29) is 0 Å². The minimum atomic E-state index is 0.472. The van der Waals surface area contributed by atoms with E-state index in [1.807, 2.05) is 24.4 Å². The second-order valence-electron chi connectivity index (χ2n) is 2.66. The Kier molecular flexibility index (Phi) is 2.06. The summed E-state index contributed by atoms with van der Waals surface area (Å²) in [7, 11) is 0. The summed E-state index contributed by atoms with van der Waals surface area (Å²) < 4.78 is 1.76. The average molecular weight is 174 g/mol. The number of nitrogens with zero attached hydrogens (tertiary/aromatic N) is 3. The van der Waals surface area contributed by atoms with E-state index in [4.69, 9.17) is 5.73 Å². The molecule has 0 aliphatic rings. The summed E-state index contributed by atoms with van der Waals surface area (Å²) in [4.78, 5) is 4.17. The van der Waals surface area contributed by atoms with Crippen LogP contribution in [-0.4, -0.2) is 14.8 Å². The Morgan fingerprint density at radius 2 is 2.31 bits per heavy atom. The van der Waals surface area contributed by atoms with Crippen LogP contribution in [0.15, 0.2) is 36.8 Å². The molecule has 2 aromatic rings. The van der Waals surface area contributed by atoms with Crippen molar-refractivity contribution in [3.05, 3.63) is 42.5 Å². The highest BCUT2D eigenvalue weighted by molar-refractivity contribution is 5.28. The molecule has 0 aliphatic heterocycles. The van der Waals surface area contributed by atoms with E-state index in [2.05, 4.69) is 10.1 Å². The molecule has 0 saturated heterocycles. The molecule has 0 saturated carbocycles. The zero-order chi connectivity index (χ0) is 9.10. The molecular formula is C9H10N4. The van der Waals surface area contributed by atoms with Gasteiger partial charge in [0.15, 0.2) is 0 Å². The minimum Gasteiger partial charge on any atom is -0.325 e. The monoisotopic (exact) mass is 174 g/mol. The quantitative estimate of drug-likeness (QED) is 0.730. The van der Waals surface area contributed by atoms with E-state index in [0.717, 1.165) is 11.4 Å². The van der Waals surface area contributed by atoms with E-state index < -0.39 is 0 Å². The summed E-state index contributed by atoms with van der Waals surface area (Å²) in [6, 6.07) is 5.72. The van der Waals surface area contributed by atoms with Gasteiger partial charge in [-0.15, -0.1) is 0 Å². The molecule has 2 rings (SSSR count). The largest absolute Gasteiger partial charge is 0.325 e. The summed E-state index contributed by atoms with van der Waals surface area (Å²) in [6.45, 7) is 0.472. The van der Waals surface area contributed by atoms with Crippen LogP contribution in [-0.2, 0) is 6.54 Å². The van der Waals surface area contributed by atoms with Crippen LogP contribution in [0.4, 0.5) is 0 Å². The summed E-state index contributed by atoms with van der Waals surface area (Å²) in [5.74, 6) is 0. The maximum absolute atomic E-state index is 5.43. The summed E-state index contributed by atoms with van der Waals surface area (Å²) in [5.41, 5.74) is 7.27. The Hall–Kier alpha value is -1.68. The lowest BCUT2D eigenvalue weighted by Gasteiger charge is -2.00. The number of rotatable bonds is 2. The Balaban J connectivity index is 2.33. The standard InChI is InChI=1S/C9H10N4/c10-6-8-2-3-9(7-11-8)13-5-1-4-12-13/h1-5,7H,6,10H2. The second-order valence-corrected chi connectivity index (χ2v) is 2.66. The van der Waals surface area contributed by atoms with Gasteiger partial charge >= 0.3 is 0 Å². The summed E-state index contributed by atoms with van der Waals surface area (Å²) in [6.07, 6.45) is 5.37. The first-order valence-corrected chi connectivity index (χ1v) is 4.05. The third-order valence-electron chi connectivity index (χ3n) is 1.79. The van der Waals surface area contributed by atoms with Crippen LogP contribution in [0.3, 0.4) is 0 Å². The van der Waals surface area contributed by atoms with Crippen molar-refractivity contribution in [2.45, 2.75) is 6.54 Å². The topological polar surface area (TPSA) is 56.7 Å². The number of aromatic nitrogens is 3. The van der Waals surface area contributed by atoms with E-state index in [9.17, 15) is 0 Å². The van der Waals surface area contributed by atoms with Crippen LogP contribution in [0.1, 0.15) is 5.69 Å². The zero-order valence-electron chi connectivity index (χ0n) is 7.09. The molecule has 66 valence electrons. The molecule has 4 heteroatoms. The number of hydrogen-bond acceptors (Lipinski definition) is 3. The van der Waals surface area contributed by atoms with E-state index >= 15 is 0 Å². The Morgan fingerprint density at radius 3 is 2.85 bits per heavy atom. The lowest BCUT2D eigenvalue weighted by molar-refractivity contribution is 0.865. The second kappa shape index (κ2) is 3.37. The van der Waals surface area contributed by atoms with Crippen LogP contribution in [0.25, 0.3) is 5.69 Å². The van der Waals surface area contributed by atoms with Crippen molar-refractivity contribution in [3.63, 3.8) is 0 Å². The first-order valence-electron chi connectivity index (χ1n) is 4.05. The fourth-order valence-corrected chi connectivity index (χ4v) is 1.09. The van der Waals surface area contributed by atoms with Gasteiger partial charge < -0.3 is 5.73 Å². The van der Waals surface area contributed by atoms with Gasteiger partial charge in [0.2, 0.25) is 0 Å². The molecule has 4 nitrogen and oxygen atoms in total. The molecule has 0 spiro atoms. The molecular weight excluding hydrogens is 164 g/mol. The van der Waals surface area contributed by atoms with Gasteiger partial charge in [-0.1, -0.05) is 0 Å². The SMILES string of the molecule is NCc1ccc(-n2cccn2)cn1. The first-order chi connectivity index (χ1) is 6.40. The third kappa shape index (κ3) is 1.57. The third-order valence-corrected chi connectivity index (χ3v) is 1.79. The van der Waals surface area contributed by atoms with Gasteiger partial charge in [-0.3, -0.25) is 4.98 Å². The van der Waals surface area contributed by atoms with Gasteiger partial charge in [-0.2, -0.15) is 5.10 Å². The van der Waals surface area contributed by atoms with Crippen LogP contribution in [0.2, 0.25) is 0 Å². The zero-order valence-corrected chi connectivity index (χ0v) is 7.09. The number of hydrogen-bond donors (Lipinski definition) is 1. The fourth-order valence-electron chi connectivity index (χ4n) is 1.09. The molecule has 0 aromatic carbocycles. The van der Waals surface area contributed by atoms with Crippen molar-refractivity contribution < 1.29 is 0 Å². The average Bonchev–Trinajstić information content (AvgIpc) is 2.71. The lowest BCUT2D eigenvalue weighted by Crippen LogP contribution is -2.01. The maximum atomic E-state index is 5.43. The predicted molar refractivity (Wildman–Crippen MR) is 49.3 cm³/mol. The minimum absolute atomic E-state index is 0.472. The van der Waals surface area contributed by atoms with Crippen molar-refractivity contribution in [1.82, 2.24) is 14.8 Å². The van der Waals surface area contributed by atoms with Gasteiger partial charge in [-0.25, -0.2) is 4.68 Å². The van der Waals surface area contributed by atoms with Crippen molar-refractivity contribution >= 4 is 0 Å². The molecule has 13 heavy (non-hydrogen) atoms. The summed E-state index contributed by atoms with van der Waals surface area (Å²) in [5, 5.41) is 4.09. The van der Waals surface area contributed by atoms with Crippen LogP contribution in [0, 0.1) is 0 Å². The highest BCUT2D eigenvalue weighted by Gasteiger charge is 1.95.